The minimum atomic E-state index is -1.00. The summed E-state index contributed by atoms with van der Waals surface area (Å²) in [4.78, 5) is 69.0. The fraction of sp³-hybridized carbons (Fsp3) is 0.472. The first kappa shape index (κ1) is 32.1. The number of nitrogens with zero attached hydrogens (tertiary/aromatic N) is 1. The highest BCUT2D eigenvalue weighted by atomic mass is 16.2. The van der Waals surface area contributed by atoms with Crippen LogP contribution in [0.4, 0.5) is 0 Å². The lowest BCUT2D eigenvalue weighted by Crippen LogP contribution is -2.59. The molecule has 1 aliphatic heterocycles. The maximum absolute atomic E-state index is 14.5. The molecule has 0 radical (unpaired) electrons. The van der Waals surface area contributed by atoms with Gasteiger partial charge in [-0.25, -0.2) is 0 Å². The van der Waals surface area contributed by atoms with Gasteiger partial charge in [-0.3, -0.25) is 24.0 Å². The number of hydrogen-bond donors (Lipinski definition) is 3. The first-order chi connectivity index (χ1) is 21.6. The van der Waals surface area contributed by atoms with Crippen molar-refractivity contribution in [1.29, 1.82) is 0 Å². The molecule has 2 aromatic rings. The standard InChI is InChI=1S/C36H44N4O5/c1-5-12-27(32(42)34(44)37-17-6-2)38-33(43)31-29-26(36(29,3)4)21-40(31)35(45)30(25-19-23-15-10-11-16-24(23)20-25)39-28(41)18-22-13-8-7-9-14-22/h6-11,13-16,25-27,29-31H,2,5,12,17-21H2,1,3-4H3,(H,37,44)(H,38,43)(H,39,41)/t26-,27?,29-,30-,31-/m0/s1. The number of amides is 4. The monoisotopic (exact) mass is 612 g/mol. The molecule has 1 saturated heterocycles. The van der Waals surface area contributed by atoms with Crippen LogP contribution in [0.2, 0.25) is 0 Å². The van der Waals surface area contributed by atoms with Crippen molar-refractivity contribution in [3.05, 3.63) is 83.9 Å². The summed E-state index contributed by atoms with van der Waals surface area (Å²) in [6, 6.07) is 14.8. The molecule has 45 heavy (non-hydrogen) atoms. The Labute approximate surface area is 265 Å². The molecule has 2 aromatic carbocycles. The van der Waals surface area contributed by atoms with Gasteiger partial charge in [-0.05, 0) is 59.1 Å². The Morgan fingerprint density at radius 2 is 1.62 bits per heavy atom. The van der Waals surface area contributed by atoms with E-state index in [1.165, 1.54) is 6.08 Å². The average Bonchev–Trinajstić information content (AvgIpc) is 3.39. The van der Waals surface area contributed by atoms with E-state index < -0.39 is 35.7 Å². The number of rotatable bonds is 13. The first-order valence-electron chi connectivity index (χ1n) is 16.0. The molecule has 0 spiro atoms. The topological polar surface area (TPSA) is 125 Å². The molecule has 1 unspecified atom stereocenters. The second-order valence-electron chi connectivity index (χ2n) is 13.2. The third kappa shape index (κ3) is 6.72. The maximum Gasteiger partial charge on any atom is 0.289 e. The molecule has 5 rings (SSSR count). The van der Waals surface area contributed by atoms with Gasteiger partial charge in [-0.15, -0.1) is 6.58 Å². The summed E-state index contributed by atoms with van der Waals surface area (Å²) in [5, 5.41) is 8.40. The third-order valence-corrected chi connectivity index (χ3v) is 9.95. The fourth-order valence-electron chi connectivity index (χ4n) is 7.43. The molecule has 0 bridgehead atoms. The van der Waals surface area contributed by atoms with Crippen molar-refractivity contribution in [1.82, 2.24) is 20.9 Å². The summed E-state index contributed by atoms with van der Waals surface area (Å²) in [6.45, 7) is 10.2. The van der Waals surface area contributed by atoms with Crippen LogP contribution in [0, 0.1) is 23.2 Å². The highest BCUT2D eigenvalue weighted by Gasteiger charge is 2.69. The van der Waals surface area contributed by atoms with Crippen molar-refractivity contribution in [2.24, 2.45) is 23.2 Å². The summed E-state index contributed by atoms with van der Waals surface area (Å²) in [5.41, 5.74) is 3.02. The van der Waals surface area contributed by atoms with Crippen LogP contribution in [0.5, 0.6) is 0 Å². The van der Waals surface area contributed by atoms with Crippen LogP contribution in [0.15, 0.2) is 67.3 Å². The van der Waals surface area contributed by atoms with Crippen molar-refractivity contribution in [3.8, 4) is 0 Å². The van der Waals surface area contributed by atoms with Gasteiger partial charge < -0.3 is 20.9 Å². The molecule has 4 amide bonds. The van der Waals surface area contributed by atoms with Gasteiger partial charge in [0.25, 0.3) is 5.91 Å². The molecule has 3 N–H and O–H groups in total. The van der Waals surface area contributed by atoms with E-state index in [1.54, 1.807) is 4.90 Å². The van der Waals surface area contributed by atoms with Crippen LogP contribution in [-0.2, 0) is 43.2 Å². The molecule has 2 fully saturated rings. The van der Waals surface area contributed by atoms with E-state index in [4.69, 9.17) is 0 Å². The number of Topliss-reactive ketones (excluding diaryl/α,β-unsaturated/α-hetero) is 1. The summed E-state index contributed by atoms with van der Waals surface area (Å²) in [7, 11) is 0. The number of nitrogens with one attached hydrogen (secondary N) is 3. The first-order valence-corrected chi connectivity index (χ1v) is 16.0. The fourth-order valence-corrected chi connectivity index (χ4v) is 7.43. The van der Waals surface area contributed by atoms with Gasteiger partial charge in [0.05, 0.1) is 12.5 Å². The van der Waals surface area contributed by atoms with Crippen LogP contribution in [0.1, 0.15) is 50.3 Å². The largest absolute Gasteiger partial charge is 0.346 e. The average molecular weight is 613 g/mol. The minimum Gasteiger partial charge on any atom is -0.346 e. The number of hydrogen-bond acceptors (Lipinski definition) is 5. The number of fused-ring (bicyclic) bond motifs is 2. The number of likely N-dealkylation sites (tertiary alicyclic amines) is 1. The lowest BCUT2D eigenvalue weighted by molar-refractivity contribution is -0.145. The number of carbonyl (C=O) groups is 5. The van der Waals surface area contributed by atoms with Crippen LogP contribution in [0.3, 0.4) is 0 Å². The van der Waals surface area contributed by atoms with Crippen LogP contribution < -0.4 is 16.0 Å². The van der Waals surface area contributed by atoms with Crippen LogP contribution in [-0.4, -0.2) is 65.5 Å². The third-order valence-electron chi connectivity index (χ3n) is 9.95. The zero-order valence-corrected chi connectivity index (χ0v) is 26.4. The second kappa shape index (κ2) is 13.4. The predicted octanol–water partition coefficient (Wildman–Crippen LogP) is 2.77. The number of benzene rings is 2. The van der Waals surface area contributed by atoms with Crippen molar-refractivity contribution in [2.45, 2.75) is 71.0 Å². The van der Waals surface area contributed by atoms with Crippen molar-refractivity contribution >= 4 is 29.4 Å². The molecule has 9 nitrogen and oxygen atoms in total. The Bertz CT molecular complexity index is 1450. The Balaban J connectivity index is 1.38. The van der Waals surface area contributed by atoms with E-state index >= 15 is 0 Å². The Hall–Kier alpha value is -4.27. The Morgan fingerprint density at radius 1 is 0.978 bits per heavy atom. The summed E-state index contributed by atoms with van der Waals surface area (Å²) < 4.78 is 0. The van der Waals surface area contributed by atoms with Gasteiger partial charge >= 0.3 is 0 Å². The predicted molar refractivity (Wildman–Crippen MR) is 171 cm³/mol. The maximum atomic E-state index is 14.5. The molecule has 5 atom stereocenters. The molecule has 3 aliphatic rings. The van der Waals surface area contributed by atoms with E-state index in [2.05, 4.69) is 48.5 Å². The molecule has 1 saturated carbocycles. The zero-order chi connectivity index (χ0) is 32.3. The molecule has 2 aliphatic carbocycles. The zero-order valence-electron chi connectivity index (χ0n) is 26.4. The summed E-state index contributed by atoms with van der Waals surface area (Å²) in [5.74, 6) is -2.59. The van der Waals surface area contributed by atoms with Gasteiger partial charge in [0.2, 0.25) is 23.5 Å². The van der Waals surface area contributed by atoms with Crippen molar-refractivity contribution in [3.63, 3.8) is 0 Å². The van der Waals surface area contributed by atoms with Crippen molar-refractivity contribution in [2.75, 3.05) is 13.1 Å². The van der Waals surface area contributed by atoms with Gasteiger partial charge in [0, 0.05) is 13.1 Å². The van der Waals surface area contributed by atoms with E-state index in [9.17, 15) is 24.0 Å². The van der Waals surface area contributed by atoms with Gasteiger partial charge in [-0.2, -0.15) is 0 Å². The van der Waals surface area contributed by atoms with Crippen LogP contribution >= 0.6 is 0 Å². The lowest BCUT2D eigenvalue weighted by Gasteiger charge is -2.35. The van der Waals surface area contributed by atoms with Crippen LogP contribution in [0.25, 0.3) is 0 Å². The Morgan fingerprint density at radius 3 is 2.24 bits per heavy atom. The van der Waals surface area contributed by atoms with Gasteiger partial charge in [0.15, 0.2) is 0 Å². The SMILES string of the molecule is C=CCNC(=O)C(=O)C(CCC)NC(=O)[C@@H]1[C@@H]2[C@H](CN1C(=O)[C@@H](NC(=O)Cc1ccccc1)C1Cc3ccccc3C1)C2(C)C. The molecular formula is C36H44N4O5. The summed E-state index contributed by atoms with van der Waals surface area (Å²) >= 11 is 0. The molecule has 9 heteroatoms. The number of carbonyl (C=O) groups excluding carboxylic acids is 5. The lowest BCUT2D eigenvalue weighted by atomic mass is 9.93. The number of ketones is 1. The number of piperidine rings is 1. The van der Waals surface area contributed by atoms with E-state index in [0.717, 1.165) is 16.7 Å². The molecule has 0 aromatic heterocycles. The van der Waals surface area contributed by atoms with E-state index in [0.29, 0.717) is 32.2 Å². The molecular weight excluding hydrogens is 568 g/mol. The highest BCUT2D eigenvalue weighted by Crippen LogP contribution is 2.65. The van der Waals surface area contributed by atoms with Crippen molar-refractivity contribution < 1.29 is 24.0 Å². The molecule has 238 valence electrons. The minimum absolute atomic E-state index is 0.0881. The quantitative estimate of drug-likeness (QED) is 0.237. The Kier molecular flexibility index (Phi) is 9.56. The van der Waals surface area contributed by atoms with Gasteiger partial charge in [0.1, 0.15) is 12.1 Å². The smallest absolute Gasteiger partial charge is 0.289 e. The molecule has 1 heterocycles. The van der Waals surface area contributed by atoms with E-state index in [1.807, 2.05) is 49.4 Å². The summed E-state index contributed by atoms with van der Waals surface area (Å²) in [6.07, 6.45) is 3.79. The second-order valence-corrected chi connectivity index (χ2v) is 13.2. The highest BCUT2D eigenvalue weighted by molar-refractivity contribution is 6.38. The van der Waals surface area contributed by atoms with Gasteiger partial charge in [-0.1, -0.05) is 87.9 Å². The van der Waals surface area contributed by atoms with E-state index in [-0.39, 0.29) is 47.9 Å². The normalized spacial score (nSPS) is 22.4.